The van der Waals surface area contributed by atoms with Gasteiger partial charge in [-0.1, -0.05) is 25.1 Å². The minimum Gasteiger partial charge on any atom is -0.369 e. The monoisotopic (exact) mass is 239 g/mol. The molecule has 1 aromatic carbocycles. The lowest BCUT2D eigenvalue weighted by molar-refractivity contribution is -0.119. The van der Waals surface area contributed by atoms with E-state index in [4.69, 9.17) is 11.5 Å². The van der Waals surface area contributed by atoms with Crippen LogP contribution in [0.3, 0.4) is 0 Å². The second-order valence-corrected chi connectivity index (χ2v) is 3.80. The van der Waals surface area contributed by atoms with Crippen LogP contribution in [0.2, 0.25) is 0 Å². The second-order valence-electron chi connectivity index (χ2n) is 3.80. The smallest absolute Gasteiger partial charge is 0.231 e. The number of amides is 1. The molecule has 0 aliphatic carbocycles. The number of nitrogens with two attached hydrogens (primary N) is 2. The highest BCUT2D eigenvalue weighted by Crippen LogP contribution is 2.21. The minimum absolute atomic E-state index is 0.0761. The standard InChI is InChI=1S/C12H18FN3O/c1-2-16(8-12(15)17)11(7-14)9-5-3-4-6-10(9)13/h3-6,11H,2,7-8,14H2,1H3,(H2,15,17). The first kappa shape index (κ1) is 13.6. The average Bonchev–Trinajstić information content (AvgIpc) is 2.30. The third-order valence-corrected chi connectivity index (χ3v) is 2.69. The Hall–Kier alpha value is -1.46. The van der Waals surface area contributed by atoms with Crippen molar-refractivity contribution in [3.8, 4) is 0 Å². The number of hydrogen-bond donors (Lipinski definition) is 2. The van der Waals surface area contributed by atoms with Gasteiger partial charge < -0.3 is 11.5 Å². The summed E-state index contributed by atoms with van der Waals surface area (Å²) < 4.78 is 13.7. The van der Waals surface area contributed by atoms with Crippen LogP contribution in [-0.2, 0) is 4.79 Å². The Labute approximate surface area is 100 Å². The molecule has 94 valence electrons. The predicted octanol–water partition coefficient (Wildman–Crippen LogP) is 0.633. The SMILES string of the molecule is CCN(CC(N)=O)C(CN)c1ccccc1F. The molecule has 0 fully saturated rings. The van der Waals surface area contributed by atoms with Gasteiger partial charge in [0.05, 0.1) is 12.6 Å². The molecule has 1 atom stereocenters. The highest BCUT2D eigenvalue weighted by Gasteiger charge is 2.21. The molecule has 1 aromatic rings. The third-order valence-electron chi connectivity index (χ3n) is 2.69. The summed E-state index contributed by atoms with van der Waals surface area (Å²) in [5, 5.41) is 0. The summed E-state index contributed by atoms with van der Waals surface area (Å²) in [5.74, 6) is -0.757. The van der Waals surface area contributed by atoms with Gasteiger partial charge in [0.1, 0.15) is 5.82 Å². The molecule has 1 amide bonds. The van der Waals surface area contributed by atoms with Crippen LogP contribution < -0.4 is 11.5 Å². The fourth-order valence-corrected chi connectivity index (χ4v) is 1.86. The van der Waals surface area contributed by atoms with E-state index in [0.717, 1.165) is 0 Å². The molecule has 0 bridgehead atoms. The zero-order valence-corrected chi connectivity index (χ0v) is 9.90. The molecule has 0 aliphatic heterocycles. The molecule has 0 saturated heterocycles. The Balaban J connectivity index is 2.97. The first-order valence-corrected chi connectivity index (χ1v) is 5.57. The highest BCUT2D eigenvalue weighted by atomic mass is 19.1. The van der Waals surface area contributed by atoms with Crippen molar-refractivity contribution in [3.63, 3.8) is 0 Å². The summed E-state index contributed by atoms with van der Waals surface area (Å²) in [6.45, 7) is 2.78. The van der Waals surface area contributed by atoms with E-state index in [-0.39, 0.29) is 24.9 Å². The number of nitrogens with zero attached hydrogens (tertiary/aromatic N) is 1. The summed E-state index contributed by atoms with van der Waals surface area (Å²) in [5.41, 5.74) is 11.3. The number of carbonyl (C=O) groups excluding carboxylic acids is 1. The number of halogens is 1. The van der Waals surface area contributed by atoms with Gasteiger partial charge in [-0.05, 0) is 12.6 Å². The summed E-state index contributed by atoms with van der Waals surface area (Å²) in [6, 6.07) is 6.11. The van der Waals surface area contributed by atoms with Crippen molar-refractivity contribution < 1.29 is 9.18 Å². The number of rotatable bonds is 6. The van der Waals surface area contributed by atoms with E-state index < -0.39 is 5.91 Å². The quantitative estimate of drug-likeness (QED) is 0.765. The molecule has 1 rings (SSSR count). The van der Waals surface area contributed by atoms with Gasteiger partial charge in [0.2, 0.25) is 5.91 Å². The Morgan fingerprint density at radius 3 is 2.59 bits per heavy atom. The molecule has 0 radical (unpaired) electrons. The molecular weight excluding hydrogens is 221 g/mol. The zero-order chi connectivity index (χ0) is 12.8. The van der Waals surface area contributed by atoms with E-state index in [1.54, 1.807) is 23.1 Å². The summed E-state index contributed by atoms with van der Waals surface area (Å²) >= 11 is 0. The Bertz CT molecular complexity index is 384. The number of primary amides is 1. The topological polar surface area (TPSA) is 72.3 Å². The van der Waals surface area contributed by atoms with E-state index >= 15 is 0 Å². The van der Waals surface area contributed by atoms with Crippen LogP contribution in [-0.4, -0.2) is 30.4 Å². The van der Waals surface area contributed by atoms with Gasteiger partial charge >= 0.3 is 0 Å². The average molecular weight is 239 g/mol. The van der Waals surface area contributed by atoms with Gasteiger partial charge in [0.15, 0.2) is 0 Å². The lowest BCUT2D eigenvalue weighted by Gasteiger charge is -2.29. The van der Waals surface area contributed by atoms with E-state index in [9.17, 15) is 9.18 Å². The Morgan fingerprint density at radius 2 is 2.12 bits per heavy atom. The van der Waals surface area contributed by atoms with E-state index in [2.05, 4.69) is 0 Å². The third kappa shape index (κ3) is 3.51. The molecule has 0 heterocycles. The van der Waals surface area contributed by atoms with Crippen molar-refractivity contribution in [1.82, 2.24) is 4.90 Å². The Kier molecular flexibility index (Phi) is 5.06. The Morgan fingerprint density at radius 1 is 1.47 bits per heavy atom. The number of hydrogen-bond acceptors (Lipinski definition) is 3. The van der Waals surface area contributed by atoms with Crippen LogP contribution >= 0.6 is 0 Å². The normalized spacial score (nSPS) is 12.7. The maximum absolute atomic E-state index is 13.7. The maximum Gasteiger partial charge on any atom is 0.231 e. The summed E-state index contributed by atoms with van der Waals surface area (Å²) in [4.78, 5) is 12.7. The van der Waals surface area contributed by atoms with E-state index in [1.807, 2.05) is 6.92 Å². The van der Waals surface area contributed by atoms with Gasteiger partial charge in [-0.15, -0.1) is 0 Å². The van der Waals surface area contributed by atoms with Crippen molar-refractivity contribution in [2.24, 2.45) is 11.5 Å². The minimum atomic E-state index is -0.443. The van der Waals surface area contributed by atoms with Crippen molar-refractivity contribution in [1.29, 1.82) is 0 Å². The molecule has 0 saturated carbocycles. The molecule has 1 unspecified atom stereocenters. The largest absolute Gasteiger partial charge is 0.369 e. The highest BCUT2D eigenvalue weighted by molar-refractivity contribution is 5.76. The van der Waals surface area contributed by atoms with Crippen LogP contribution in [0.5, 0.6) is 0 Å². The summed E-state index contributed by atoms with van der Waals surface area (Å²) in [7, 11) is 0. The van der Waals surface area contributed by atoms with Crippen molar-refractivity contribution in [2.45, 2.75) is 13.0 Å². The van der Waals surface area contributed by atoms with Crippen molar-refractivity contribution in [3.05, 3.63) is 35.6 Å². The fourth-order valence-electron chi connectivity index (χ4n) is 1.86. The van der Waals surface area contributed by atoms with Gasteiger partial charge in [0.25, 0.3) is 0 Å². The van der Waals surface area contributed by atoms with Crippen molar-refractivity contribution >= 4 is 5.91 Å². The van der Waals surface area contributed by atoms with Gasteiger partial charge in [-0.2, -0.15) is 0 Å². The van der Waals surface area contributed by atoms with Gasteiger partial charge in [0, 0.05) is 12.1 Å². The first-order chi connectivity index (χ1) is 8.10. The molecular formula is C12H18FN3O. The van der Waals surface area contributed by atoms with Crippen LogP contribution in [0.4, 0.5) is 4.39 Å². The molecule has 0 spiro atoms. The molecule has 17 heavy (non-hydrogen) atoms. The van der Waals surface area contributed by atoms with Crippen LogP contribution in [0.25, 0.3) is 0 Å². The van der Waals surface area contributed by atoms with E-state index in [1.165, 1.54) is 6.07 Å². The number of carbonyl (C=O) groups is 1. The predicted molar refractivity (Wildman–Crippen MR) is 64.6 cm³/mol. The molecule has 5 heteroatoms. The summed E-state index contributed by atoms with van der Waals surface area (Å²) in [6.07, 6.45) is 0. The first-order valence-electron chi connectivity index (χ1n) is 5.57. The molecule has 4 N–H and O–H groups in total. The van der Waals surface area contributed by atoms with Crippen LogP contribution in [0.1, 0.15) is 18.5 Å². The fraction of sp³-hybridized carbons (Fsp3) is 0.417. The zero-order valence-electron chi connectivity index (χ0n) is 9.90. The van der Waals surface area contributed by atoms with Crippen LogP contribution in [0.15, 0.2) is 24.3 Å². The van der Waals surface area contributed by atoms with Gasteiger partial charge in [-0.25, -0.2) is 4.39 Å². The molecule has 0 aromatic heterocycles. The second kappa shape index (κ2) is 6.32. The molecule has 0 aliphatic rings. The lowest BCUT2D eigenvalue weighted by Crippen LogP contribution is -2.40. The lowest BCUT2D eigenvalue weighted by atomic mass is 10.0. The van der Waals surface area contributed by atoms with Crippen LogP contribution in [0, 0.1) is 5.82 Å². The van der Waals surface area contributed by atoms with Gasteiger partial charge in [-0.3, -0.25) is 9.69 Å². The van der Waals surface area contributed by atoms with E-state index in [0.29, 0.717) is 12.1 Å². The maximum atomic E-state index is 13.7. The van der Waals surface area contributed by atoms with Crippen molar-refractivity contribution in [2.75, 3.05) is 19.6 Å². The number of likely N-dealkylation sites (N-methyl/N-ethyl adjacent to an activating group) is 1. The molecule has 4 nitrogen and oxygen atoms in total. The number of benzene rings is 1.